The van der Waals surface area contributed by atoms with E-state index in [1.54, 1.807) is 0 Å². The highest BCUT2D eigenvalue weighted by atomic mass is 79.9. The van der Waals surface area contributed by atoms with Crippen LogP contribution in [0.3, 0.4) is 0 Å². The van der Waals surface area contributed by atoms with E-state index in [9.17, 15) is 9.18 Å². The zero-order valence-electron chi connectivity index (χ0n) is 7.76. The van der Waals surface area contributed by atoms with Crippen LogP contribution in [-0.4, -0.2) is 17.6 Å². The number of halogens is 2. The van der Waals surface area contributed by atoms with E-state index >= 15 is 0 Å². The molecule has 0 atom stereocenters. The molecule has 2 N–H and O–H groups in total. The van der Waals surface area contributed by atoms with Gasteiger partial charge < -0.3 is 10.4 Å². The van der Waals surface area contributed by atoms with E-state index in [4.69, 9.17) is 5.11 Å². The Morgan fingerprint density at radius 1 is 1.60 bits per heavy atom. The second-order valence-corrected chi connectivity index (χ2v) is 3.96. The van der Waals surface area contributed by atoms with Crippen LogP contribution in [0.4, 0.5) is 10.1 Å². The third kappa shape index (κ3) is 3.06. The van der Waals surface area contributed by atoms with Gasteiger partial charge >= 0.3 is 5.97 Å². The molecule has 0 aliphatic rings. The molecule has 0 radical (unpaired) electrons. The van der Waals surface area contributed by atoms with Gasteiger partial charge in [0.1, 0.15) is 5.82 Å². The number of aromatic carboxylic acids is 1. The van der Waals surface area contributed by atoms with Gasteiger partial charge in [-0.2, -0.15) is 0 Å². The lowest BCUT2D eigenvalue weighted by molar-refractivity contribution is 0.0697. The van der Waals surface area contributed by atoms with Crippen molar-refractivity contribution in [1.29, 1.82) is 0 Å². The van der Waals surface area contributed by atoms with Gasteiger partial charge in [0.2, 0.25) is 0 Å². The van der Waals surface area contributed by atoms with E-state index in [-0.39, 0.29) is 17.8 Å². The molecule has 0 aromatic heterocycles. The Kier molecular flexibility index (Phi) is 3.85. The van der Waals surface area contributed by atoms with Crippen molar-refractivity contribution in [3.8, 4) is 0 Å². The maximum atomic E-state index is 13.3. The average Bonchev–Trinajstić information content (AvgIpc) is 2.15. The van der Waals surface area contributed by atoms with Gasteiger partial charge in [-0.1, -0.05) is 28.6 Å². The third-order valence-electron chi connectivity index (χ3n) is 1.70. The van der Waals surface area contributed by atoms with E-state index in [2.05, 4.69) is 27.8 Å². The summed E-state index contributed by atoms with van der Waals surface area (Å²) in [6.07, 6.45) is 0. The molecule has 0 spiro atoms. The summed E-state index contributed by atoms with van der Waals surface area (Å²) < 4.78 is 13.9. The number of benzene rings is 1. The number of carboxylic acid groups (broad SMARTS) is 1. The Balaban J connectivity index is 3.02. The van der Waals surface area contributed by atoms with Crippen molar-refractivity contribution in [2.45, 2.75) is 0 Å². The second-order valence-electron chi connectivity index (χ2n) is 2.84. The normalized spacial score (nSPS) is 9.73. The number of para-hydroxylation sites is 1. The van der Waals surface area contributed by atoms with Gasteiger partial charge in [-0.15, -0.1) is 0 Å². The van der Waals surface area contributed by atoms with Crippen LogP contribution in [0.25, 0.3) is 0 Å². The Hall–Kier alpha value is -1.36. The summed E-state index contributed by atoms with van der Waals surface area (Å²) >= 11 is 3.09. The van der Waals surface area contributed by atoms with Crippen LogP contribution in [0.1, 0.15) is 10.4 Å². The summed E-state index contributed by atoms with van der Waals surface area (Å²) in [6, 6.07) is 3.89. The molecule has 0 heterocycles. The number of anilines is 1. The summed E-state index contributed by atoms with van der Waals surface area (Å²) in [4.78, 5) is 10.8. The van der Waals surface area contributed by atoms with Gasteiger partial charge in [-0.3, -0.25) is 0 Å². The first kappa shape index (κ1) is 11.7. The lowest BCUT2D eigenvalue weighted by atomic mass is 10.1. The molecule has 0 saturated carbocycles. The standard InChI is InChI=1S/C10H9BrFNO2/c1-6(11)5-13-9-7(10(14)15)3-2-4-8(9)12/h2-4,13H,1,5H2,(H,14,15). The number of rotatable bonds is 4. The molecule has 5 heteroatoms. The fourth-order valence-corrected chi connectivity index (χ4v) is 1.21. The predicted molar refractivity (Wildman–Crippen MR) is 59.9 cm³/mol. The molecule has 15 heavy (non-hydrogen) atoms. The van der Waals surface area contributed by atoms with Crippen LogP contribution in [0, 0.1) is 5.82 Å². The minimum absolute atomic E-state index is 0.0226. The van der Waals surface area contributed by atoms with Crippen molar-refractivity contribution in [2.24, 2.45) is 0 Å². The van der Waals surface area contributed by atoms with Crippen LogP contribution >= 0.6 is 15.9 Å². The minimum atomic E-state index is -1.17. The molecule has 1 aromatic rings. The fourth-order valence-electron chi connectivity index (χ4n) is 1.07. The molecule has 0 aliphatic heterocycles. The van der Waals surface area contributed by atoms with E-state index in [1.807, 2.05) is 0 Å². The lowest BCUT2D eigenvalue weighted by Crippen LogP contribution is -2.09. The van der Waals surface area contributed by atoms with Crippen molar-refractivity contribution >= 4 is 27.6 Å². The Morgan fingerprint density at radius 2 is 2.27 bits per heavy atom. The maximum absolute atomic E-state index is 13.3. The van der Waals surface area contributed by atoms with E-state index in [0.29, 0.717) is 4.48 Å². The summed E-state index contributed by atoms with van der Waals surface area (Å²) in [5.41, 5.74) is -0.116. The number of carbonyl (C=O) groups is 1. The lowest BCUT2D eigenvalue weighted by Gasteiger charge is -2.09. The monoisotopic (exact) mass is 273 g/mol. The molecule has 0 bridgehead atoms. The second kappa shape index (κ2) is 4.93. The molecular formula is C10H9BrFNO2. The smallest absolute Gasteiger partial charge is 0.337 e. The Labute approximate surface area is 94.7 Å². The van der Waals surface area contributed by atoms with Crippen LogP contribution in [0.2, 0.25) is 0 Å². The number of hydrogen-bond acceptors (Lipinski definition) is 2. The van der Waals surface area contributed by atoms with Gasteiger partial charge in [0.15, 0.2) is 0 Å². The van der Waals surface area contributed by atoms with Crippen LogP contribution in [0.15, 0.2) is 29.3 Å². The molecule has 0 unspecified atom stereocenters. The number of hydrogen-bond donors (Lipinski definition) is 2. The van der Waals surface area contributed by atoms with Crippen LogP contribution in [-0.2, 0) is 0 Å². The zero-order chi connectivity index (χ0) is 11.4. The Bertz CT molecular complexity index is 406. The average molecular weight is 274 g/mol. The zero-order valence-corrected chi connectivity index (χ0v) is 9.34. The predicted octanol–water partition coefficient (Wildman–Crippen LogP) is 2.84. The minimum Gasteiger partial charge on any atom is -0.478 e. The van der Waals surface area contributed by atoms with Crippen LogP contribution in [0.5, 0.6) is 0 Å². The van der Waals surface area contributed by atoms with E-state index in [0.717, 1.165) is 0 Å². The van der Waals surface area contributed by atoms with Crippen molar-refractivity contribution in [2.75, 3.05) is 11.9 Å². The quantitative estimate of drug-likeness (QED) is 0.887. The summed E-state index contributed by atoms with van der Waals surface area (Å²) in [5.74, 6) is -1.76. The number of carboxylic acids is 1. The van der Waals surface area contributed by atoms with Gasteiger partial charge in [-0.25, -0.2) is 9.18 Å². The summed E-state index contributed by atoms with van der Waals surface area (Å²) in [6.45, 7) is 3.82. The molecule has 0 fully saturated rings. The van der Waals surface area contributed by atoms with Gasteiger partial charge in [0.25, 0.3) is 0 Å². The SMILES string of the molecule is C=C(Br)CNc1c(F)cccc1C(=O)O. The van der Waals surface area contributed by atoms with Gasteiger partial charge in [-0.05, 0) is 12.1 Å². The van der Waals surface area contributed by atoms with Gasteiger partial charge in [0.05, 0.1) is 11.3 Å². The highest BCUT2D eigenvalue weighted by molar-refractivity contribution is 9.11. The first-order valence-corrected chi connectivity index (χ1v) is 4.90. The third-order valence-corrected chi connectivity index (χ3v) is 1.98. The number of nitrogens with one attached hydrogen (secondary N) is 1. The molecule has 0 saturated heterocycles. The van der Waals surface area contributed by atoms with Crippen molar-refractivity contribution in [3.05, 3.63) is 40.6 Å². The topological polar surface area (TPSA) is 49.3 Å². The largest absolute Gasteiger partial charge is 0.478 e. The van der Waals surface area contributed by atoms with Gasteiger partial charge in [0, 0.05) is 11.0 Å². The first-order valence-electron chi connectivity index (χ1n) is 4.11. The maximum Gasteiger partial charge on any atom is 0.337 e. The molecular weight excluding hydrogens is 265 g/mol. The highest BCUT2D eigenvalue weighted by Gasteiger charge is 2.13. The van der Waals surface area contributed by atoms with Crippen molar-refractivity contribution in [1.82, 2.24) is 0 Å². The molecule has 1 aromatic carbocycles. The summed E-state index contributed by atoms with van der Waals surface area (Å²) in [7, 11) is 0. The fraction of sp³-hybridized carbons (Fsp3) is 0.100. The summed E-state index contributed by atoms with van der Waals surface area (Å²) in [5, 5.41) is 11.5. The highest BCUT2D eigenvalue weighted by Crippen LogP contribution is 2.20. The molecule has 0 amide bonds. The Morgan fingerprint density at radius 3 is 2.80 bits per heavy atom. The molecule has 3 nitrogen and oxygen atoms in total. The molecule has 0 aliphatic carbocycles. The van der Waals surface area contributed by atoms with E-state index in [1.165, 1.54) is 18.2 Å². The first-order chi connectivity index (χ1) is 7.02. The van der Waals surface area contributed by atoms with E-state index < -0.39 is 11.8 Å². The molecule has 80 valence electrons. The van der Waals surface area contributed by atoms with Crippen molar-refractivity contribution in [3.63, 3.8) is 0 Å². The van der Waals surface area contributed by atoms with Crippen LogP contribution < -0.4 is 5.32 Å². The van der Waals surface area contributed by atoms with Crippen molar-refractivity contribution < 1.29 is 14.3 Å². The molecule has 1 rings (SSSR count).